The van der Waals surface area contributed by atoms with Crippen LogP contribution in [0.15, 0.2) is 29.2 Å². The zero-order valence-corrected chi connectivity index (χ0v) is 14.0. The second-order valence-electron chi connectivity index (χ2n) is 5.42. The smallest absolute Gasteiger partial charge is 0.328 e. The Bertz CT molecular complexity index is 855. The molecule has 1 heterocycles. The molecule has 1 fully saturated rings. The fraction of sp³-hybridized carbons (Fsp3) is 0.357. The lowest BCUT2D eigenvalue weighted by Gasteiger charge is -2.14. The molecule has 7 nitrogen and oxygen atoms in total. The average molecular weight is 359 g/mol. The third kappa shape index (κ3) is 4.63. The van der Waals surface area contributed by atoms with Crippen LogP contribution in [0.2, 0.25) is 0 Å². The number of aliphatic carboxylic acids is 1. The maximum absolute atomic E-state index is 12.5. The number of sulfonamides is 1. The van der Waals surface area contributed by atoms with Crippen LogP contribution >= 0.6 is 0 Å². The Morgan fingerprint density at radius 3 is 2.65 bits per heavy atom. The lowest BCUT2D eigenvalue weighted by molar-refractivity contribution is -0.131. The normalized spacial score (nSPS) is 20.8. The number of nitrogens with one attached hydrogen (secondary N) is 1. The van der Waals surface area contributed by atoms with Crippen LogP contribution in [-0.2, 0) is 24.7 Å². The molecule has 1 aromatic carbocycles. The van der Waals surface area contributed by atoms with E-state index in [1.807, 2.05) is 0 Å². The first-order valence-electron chi connectivity index (χ1n) is 6.83. The quantitative estimate of drug-likeness (QED) is 0.742. The molecule has 0 spiro atoms. The summed E-state index contributed by atoms with van der Waals surface area (Å²) < 4.78 is 50.2. The van der Waals surface area contributed by atoms with Crippen molar-refractivity contribution in [1.29, 1.82) is 0 Å². The third-order valence-corrected chi connectivity index (χ3v) is 6.90. The van der Waals surface area contributed by atoms with Crippen molar-refractivity contribution >= 4 is 31.9 Å². The van der Waals surface area contributed by atoms with Gasteiger partial charge in [0.1, 0.15) is 0 Å². The molecular formula is C14H17NO6S2. The van der Waals surface area contributed by atoms with Gasteiger partial charge in [-0.1, -0.05) is 12.1 Å². The Morgan fingerprint density at radius 1 is 1.39 bits per heavy atom. The Balaban J connectivity index is 2.28. The van der Waals surface area contributed by atoms with Gasteiger partial charge < -0.3 is 5.11 Å². The van der Waals surface area contributed by atoms with Crippen LogP contribution < -0.4 is 4.72 Å². The number of rotatable bonds is 5. The van der Waals surface area contributed by atoms with Gasteiger partial charge in [0.15, 0.2) is 9.84 Å². The molecule has 1 aromatic rings. The van der Waals surface area contributed by atoms with Crippen LogP contribution in [0.4, 0.5) is 0 Å². The predicted octanol–water partition coefficient (Wildman–Crippen LogP) is 0.558. The van der Waals surface area contributed by atoms with E-state index in [1.165, 1.54) is 12.1 Å². The molecule has 23 heavy (non-hydrogen) atoms. The molecule has 0 radical (unpaired) electrons. The number of carbonyl (C=O) groups is 1. The van der Waals surface area contributed by atoms with Crippen molar-refractivity contribution in [3.05, 3.63) is 35.4 Å². The second kappa shape index (κ2) is 6.42. The highest BCUT2D eigenvalue weighted by molar-refractivity contribution is 7.92. The summed E-state index contributed by atoms with van der Waals surface area (Å²) in [6.07, 6.45) is 2.46. The summed E-state index contributed by atoms with van der Waals surface area (Å²) >= 11 is 0. The molecule has 1 unspecified atom stereocenters. The van der Waals surface area contributed by atoms with Crippen LogP contribution in [0.3, 0.4) is 0 Å². The van der Waals surface area contributed by atoms with E-state index in [2.05, 4.69) is 4.72 Å². The predicted molar refractivity (Wildman–Crippen MR) is 85.2 cm³/mol. The molecule has 0 bridgehead atoms. The zero-order chi connectivity index (χ0) is 17.3. The minimum absolute atomic E-state index is 0.00865. The fourth-order valence-electron chi connectivity index (χ4n) is 2.35. The van der Waals surface area contributed by atoms with E-state index in [9.17, 15) is 21.6 Å². The first-order chi connectivity index (χ1) is 10.6. The molecule has 1 saturated heterocycles. The van der Waals surface area contributed by atoms with Gasteiger partial charge in [-0.25, -0.2) is 26.4 Å². The Labute approximate surface area is 135 Å². The number of carboxylic acids is 1. The highest BCUT2D eigenvalue weighted by Crippen LogP contribution is 2.20. The maximum atomic E-state index is 12.5. The van der Waals surface area contributed by atoms with Gasteiger partial charge in [-0.15, -0.1) is 0 Å². The van der Waals surface area contributed by atoms with Crippen LogP contribution in [0.25, 0.3) is 6.08 Å². The molecule has 1 aliphatic rings. The van der Waals surface area contributed by atoms with Crippen LogP contribution in [-0.4, -0.2) is 45.5 Å². The number of benzene rings is 1. The minimum atomic E-state index is -3.88. The largest absolute Gasteiger partial charge is 0.478 e. The molecule has 0 amide bonds. The molecule has 0 aromatic heterocycles. The van der Waals surface area contributed by atoms with E-state index in [4.69, 9.17) is 5.11 Å². The third-order valence-electron chi connectivity index (χ3n) is 3.47. The van der Waals surface area contributed by atoms with Crippen molar-refractivity contribution in [3.8, 4) is 0 Å². The number of sulfone groups is 1. The monoisotopic (exact) mass is 359 g/mol. The first-order valence-corrected chi connectivity index (χ1v) is 10.1. The van der Waals surface area contributed by atoms with Gasteiger partial charge in [-0.05, 0) is 36.6 Å². The Morgan fingerprint density at radius 2 is 2.09 bits per heavy atom. The topological polar surface area (TPSA) is 118 Å². The summed E-state index contributed by atoms with van der Waals surface area (Å²) in [5, 5.41) is 8.62. The number of hydrogen-bond acceptors (Lipinski definition) is 5. The van der Waals surface area contributed by atoms with Crippen molar-refractivity contribution in [3.63, 3.8) is 0 Å². The van der Waals surface area contributed by atoms with Gasteiger partial charge >= 0.3 is 5.97 Å². The molecule has 2 rings (SSSR count). The van der Waals surface area contributed by atoms with E-state index in [-0.39, 0.29) is 22.8 Å². The molecular weight excluding hydrogens is 342 g/mol. The number of aryl methyl sites for hydroxylation is 1. The summed E-state index contributed by atoms with van der Waals surface area (Å²) in [5.74, 6) is -1.37. The standard InChI is InChI=1S/C14H17NO6S2/c1-10-2-3-11(4-5-14(16)17)8-13(10)23(20,21)15-12-6-7-22(18,19)9-12/h2-5,8,12,15H,6-7,9H2,1H3,(H,16,17)/b5-4+. The molecule has 126 valence electrons. The van der Waals surface area contributed by atoms with Gasteiger partial charge in [0.2, 0.25) is 10.0 Å². The highest BCUT2D eigenvalue weighted by Gasteiger charge is 2.31. The van der Waals surface area contributed by atoms with Gasteiger partial charge in [-0.3, -0.25) is 0 Å². The van der Waals surface area contributed by atoms with Crippen LogP contribution in [0, 0.1) is 6.92 Å². The van der Waals surface area contributed by atoms with Crippen LogP contribution in [0.5, 0.6) is 0 Å². The molecule has 1 aliphatic heterocycles. The molecule has 1 atom stereocenters. The summed E-state index contributed by atoms with van der Waals surface area (Å²) in [5.41, 5.74) is 0.920. The van der Waals surface area contributed by atoms with Crippen molar-refractivity contribution in [1.82, 2.24) is 4.72 Å². The second-order valence-corrected chi connectivity index (χ2v) is 9.33. The van der Waals surface area contributed by atoms with Crippen molar-refractivity contribution in [2.24, 2.45) is 0 Å². The zero-order valence-electron chi connectivity index (χ0n) is 12.4. The van der Waals surface area contributed by atoms with Gasteiger partial charge in [0, 0.05) is 12.1 Å². The molecule has 9 heteroatoms. The molecule has 0 saturated carbocycles. The lowest BCUT2D eigenvalue weighted by atomic mass is 10.1. The first kappa shape index (κ1) is 17.6. The van der Waals surface area contributed by atoms with Gasteiger partial charge in [-0.2, -0.15) is 0 Å². The van der Waals surface area contributed by atoms with Gasteiger partial charge in [0.05, 0.1) is 16.4 Å². The molecule has 2 N–H and O–H groups in total. The number of carboxylic acid groups (broad SMARTS) is 1. The van der Waals surface area contributed by atoms with Gasteiger partial charge in [0.25, 0.3) is 0 Å². The lowest BCUT2D eigenvalue weighted by Crippen LogP contribution is -2.35. The Kier molecular flexibility index (Phi) is 4.92. The number of hydrogen-bond donors (Lipinski definition) is 2. The average Bonchev–Trinajstić information content (AvgIpc) is 2.75. The summed E-state index contributed by atoms with van der Waals surface area (Å²) in [7, 11) is -7.07. The SMILES string of the molecule is Cc1ccc(/C=C/C(=O)O)cc1S(=O)(=O)NC1CCS(=O)(=O)C1. The fourth-order valence-corrected chi connectivity index (χ4v) is 5.68. The summed E-state index contributed by atoms with van der Waals surface area (Å²) in [6.45, 7) is 1.62. The van der Waals surface area contributed by atoms with Crippen molar-refractivity contribution in [2.45, 2.75) is 24.3 Å². The summed E-state index contributed by atoms with van der Waals surface area (Å²) in [6, 6.07) is 3.90. The minimum Gasteiger partial charge on any atom is -0.478 e. The van der Waals surface area contributed by atoms with Crippen molar-refractivity contribution < 1.29 is 26.7 Å². The van der Waals surface area contributed by atoms with E-state index in [0.29, 0.717) is 11.1 Å². The summed E-state index contributed by atoms with van der Waals surface area (Å²) in [4.78, 5) is 10.5. The molecule has 0 aliphatic carbocycles. The Hall–Kier alpha value is -1.71. The highest BCUT2D eigenvalue weighted by atomic mass is 32.2. The van der Waals surface area contributed by atoms with Crippen molar-refractivity contribution in [2.75, 3.05) is 11.5 Å². The van der Waals surface area contributed by atoms with E-state index in [1.54, 1.807) is 19.1 Å². The van der Waals surface area contributed by atoms with E-state index >= 15 is 0 Å². The maximum Gasteiger partial charge on any atom is 0.328 e. The van der Waals surface area contributed by atoms with E-state index in [0.717, 1.165) is 6.08 Å². The van der Waals surface area contributed by atoms with Crippen LogP contribution in [0.1, 0.15) is 17.5 Å². The van der Waals surface area contributed by atoms with E-state index < -0.39 is 31.9 Å².